The third kappa shape index (κ3) is 3.71. The quantitative estimate of drug-likeness (QED) is 0.469. The van der Waals surface area contributed by atoms with E-state index in [0.717, 1.165) is 24.3 Å². The van der Waals surface area contributed by atoms with E-state index in [9.17, 15) is 28.6 Å². The summed E-state index contributed by atoms with van der Waals surface area (Å²) in [4.78, 5) is 24.5. The molecule has 0 unspecified atom stereocenters. The van der Waals surface area contributed by atoms with Crippen LogP contribution in [0.25, 0.3) is 10.8 Å². The number of ether oxygens (including phenoxy) is 1. The van der Waals surface area contributed by atoms with Gasteiger partial charge in [-0.05, 0) is 25.1 Å². The van der Waals surface area contributed by atoms with Crippen molar-refractivity contribution in [2.45, 2.75) is 13.0 Å². The standard InChI is InChI=1S/C20H15F2NO5/c1-10(19(26)23-16-8-11(21)6-7-15(16)22)28-20(27)14-9-17(24)12-4-2-3-5-13(12)18(14)25/h2-10,24-25H,1H3,(H,23,26)/t10-/m1/s1. The Morgan fingerprint density at radius 3 is 2.43 bits per heavy atom. The van der Waals surface area contributed by atoms with Gasteiger partial charge in [0.15, 0.2) is 6.10 Å². The first-order chi connectivity index (χ1) is 13.3. The first kappa shape index (κ1) is 19.1. The van der Waals surface area contributed by atoms with Gasteiger partial charge in [0.25, 0.3) is 5.91 Å². The number of halogens is 2. The van der Waals surface area contributed by atoms with Gasteiger partial charge in [0.05, 0.1) is 5.69 Å². The van der Waals surface area contributed by atoms with Crippen LogP contribution in [0.2, 0.25) is 0 Å². The Labute approximate surface area is 158 Å². The fraction of sp³-hybridized carbons (Fsp3) is 0.100. The van der Waals surface area contributed by atoms with E-state index in [1.807, 2.05) is 0 Å². The van der Waals surface area contributed by atoms with Gasteiger partial charge < -0.3 is 20.3 Å². The number of amides is 1. The molecule has 0 radical (unpaired) electrons. The van der Waals surface area contributed by atoms with Crippen LogP contribution < -0.4 is 5.32 Å². The minimum atomic E-state index is -1.39. The van der Waals surface area contributed by atoms with Gasteiger partial charge in [0.2, 0.25) is 0 Å². The molecule has 3 N–H and O–H groups in total. The molecule has 0 spiro atoms. The molecule has 6 nitrogen and oxygen atoms in total. The summed E-state index contributed by atoms with van der Waals surface area (Å²) < 4.78 is 31.8. The van der Waals surface area contributed by atoms with Gasteiger partial charge in [-0.1, -0.05) is 24.3 Å². The number of fused-ring (bicyclic) bond motifs is 1. The molecule has 0 fully saturated rings. The first-order valence-corrected chi connectivity index (χ1v) is 8.18. The van der Waals surface area contributed by atoms with Gasteiger partial charge in [0, 0.05) is 16.8 Å². The van der Waals surface area contributed by atoms with E-state index in [2.05, 4.69) is 5.32 Å². The van der Waals surface area contributed by atoms with Crippen molar-refractivity contribution in [1.82, 2.24) is 0 Å². The van der Waals surface area contributed by atoms with Crippen molar-refractivity contribution < 1.29 is 33.3 Å². The second-order valence-electron chi connectivity index (χ2n) is 6.00. The Morgan fingerprint density at radius 2 is 1.71 bits per heavy atom. The zero-order chi connectivity index (χ0) is 20.4. The van der Waals surface area contributed by atoms with Crippen LogP contribution in [-0.4, -0.2) is 28.2 Å². The zero-order valence-corrected chi connectivity index (χ0v) is 14.6. The number of carbonyl (C=O) groups excluding carboxylic acids is 2. The summed E-state index contributed by atoms with van der Waals surface area (Å²) in [6.07, 6.45) is -1.39. The Morgan fingerprint density at radius 1 is 1.04 bits per heavy atom. The van der Waals surface area contributed by atoms with Gasteiger partial charge in [0.1, 0.15) is 28.7 Å². The van der Waals surface area contributed by atoms with Crippen molar-refractivity contribution >= 4 is 28.3 Å². The lowest BCUT2D eigenvalue weighted by Crippen LogP contribution is -2.30. The van der Waals surface area contributed by atoms with E-state index in [-0.39, 0.29) is 16.7 Å². The smallest absolute Gasteiger partial charge is 0.342 e. The van der Waals surface area contributed by atoms with Crippen LogP contribution in [-0.2, 0) is 9.53 Å². The average molecular weight is 387 g/mol. The second kappa shape index (κ2) is 7.51. The fourth-order valence-corrected chi connectivity index (χ4v) is 2.60. The molecule has 3 aromatic carbocycles. The molecular weight excluding hydrogens is 372 g/mol. The van der Waals surface area contributed by atoms with Gasteiger partial charge in [-0.25, -0.2) is 13.6 Å². The molecule has 0 aromatic heterocycles. The molecule has 28 heavy (non-hydrogen) atoms. The number of rotatable bonds is 4. The third-order valence-electron chi connectivity index (χ3n) is 4.05. The minimum Gasteiger partial charge on any atom is -0.507 e. The van der Waals surface area contributed by atoms with Gasteiger partial charge in [-0.3, -0.25) is 4.79 Å². The van der Waals surface area contributed by atoms with Crippen molar-refractivity contribution in [2.24, 2.45) is 0 Å². The highest BCUT2D eigenvalue weighted by Crippen LogP contribution is 2.35. The lowest BCUT2D eigenvalue weighted by Gasteiger charge is -2.15. The maximum absolute atomic E-state index is 13.6. The molecule has 3 aromatic rings. The Kier molecular flexibility index (Phi) is 5.12. The lowest BCUT2D eigenvalue weighted by molar-refractivity contribution is -0.123. The summed E-state index contributed by atoms with van der Waals surface area (Å²) in [5.41, 5.74) is -0.744. The van der Waals surface area contributed by atoms with Crippen LogP contribution in [0.4, 0.5) is 14.5 Å². The maximum atomic E-state index is 13.6. The number of hydrogen-bond donors (Lipinski definition) is 3. The van der Waals surface area contributed by atoms with E-state index >= 15 is 0 Å². The summed E-state index contributed by atoms with van der Waals surface area (Å²) in [5.74, 6) is -4.24. The average Bonchev–Trinajstić information content (AvgIpc) is 2.67. The van der Waals surface area contributed by atoms with Crippen LogP contribution >= 0.6 is 0 Å². The monoisotopic (exact) mass is 387 g/mol. The van der Waals surface area contributed by atoms with E-state index < -0.39 is 41.1 Å². The molecule has 0 saturated carbocycles. The molecule has 3 rings (SSSR count). The molecule has 8 heteroatoms. The van der Waals surface area contributed by atoms with Crippen molar-refractivity contribution in [1.29, 1.82) is 0 Å². The molecule has 0 bridgehead atoms. The van der Waals surface area contributed by atoms with E-state index in [1.165, 1.54) is 13.0 Å². The number of esters is 1. The van der Waals surface area contributed by atoms with Crippen LogP contribution in [0.3, 0.4) is 0 Å². The van der Waals surface area contributed by atoms with E-state index in [0.29, 0.717) is 5.39 Å². The fourth-order valence-electron chi connectivity index (χ4n) is 2.60. The van der Waals surface area contributed by atoms with Crippen LogP contribution in [0.5, 0.6) is 11.5 Å². The lowest BCUT2D eigenvalue weighted by atomic mass is 10.0. The third-order valence-corrected chi connectivity index (χ3v) is 4.05. The van der Waals surface area contributed by atoms with Crippen molar-refractivity contribution in [3.05, 3.63) is 65.7 Å². The number of carbonyl (C=O) groups is 2. The highest BCUT2D eigenvalue weighted by molar-refractivity contribution is 6.04. The SMILES string of the molecule is C[C@@H](OC(=O)c1cc(O)c2ccccc2c1O)C(=O)Nc1cc(F)ccc1F. The molecule has 0 heterocycles. The van der Waals surface area contributed by atoms with Crippen LogP contribution in [0, 0.1) is 11.6 Å². The highest BCUT2D eigenvalue weighted by Gasteiger charge is 2.24. The summed E-state index contributed by atoms with van der Waals surface area (Å²) in [5, 5.41) is 23.0. The number of phenols is 2. The number of nitrogens with one attached hydrogen (secondary N) is 1. The topological polar surface area (TPSA) is 95.9 Å². The molecular formula is C20H15F2NO5. The molecule has 1 atom stereocenters. The molecule has 0 aliphatic heterocycles. The largest absolute Gasteiger partial charge is 0.507 e. The maximum Gasteiger partial charge on any atom is 0.342 e. The summed E-state index contributed by atoms with van der Waals surface area (Å²) in [6, 6.07) is 9.87. The zero-order valence-electron chi connectivity index (χ0n) is 14.6. The number of aromatic hydroxyl groups is 2. The van der Waals surface area contributed by atoms with Gasteiger partial charge >= 0.3 is 5.97 Å². The van der Waals surface area contributed by atoms with E-state index in [1.54, 1.807) is 18.2 Å². The summed E-state index contributed by atoms with van der Waals surface area (Å²) in [6.45, 7) is 1.22. The Hall–Kier alpha value is -3.68. The van der Waals surface area contributed by atoms with Gasteiger partial charge in [-0.2, -0.15) is 0 Å². The van der Waals surface area contributed by atoms with E-state index in [4.69, 9.17) is 4.74 Å². The number of benzene rings is 3. The van der Waals surface area contributed by atoms with Crippen molar-refractivity contribution in [3.8, 4) is 11.5 Å². The highest BCUT2D eigenvalue weighted by atomic mass is 19.1. The predicted octanol–water partition coefficient (Wildman–Crippen LogP) is 3.71. The Bertz CT molecular complexity index is 1080. The van der Waals surface area contributed by atoms with Crippen molar-refractivity contribution in [3.63, 3.8) is 0 Å². The Balaban J connectivity index is 1.79. The molecule has 0 aliphatic carbocycles. The predicted molar refractivity (Wildman–Crippen MR) is 97.1 cm³/mol. The molecule has 144 valence electrons. The molecule has 1 amide bonds. The molecule has 0 saturated heterocycles. The van der Waals surface area contributed by atoms with Crippen molar-refractivity contribution in [2.75, 3.05) is 5.32 Å². The van der Waals surface area contributed by atoms with Gasteiger partial charge in [-0.15, -0.1) is 0 Å². The number of anilines is 1. The minimum absolute atomic E-state index is 0.230. The molecule has 0 aliphatic rings. The normalized spacial score (nSPS) is 11.8. The van der Waals surface area contributed by atoms with Crippen LogP contribution in [0.1, 0.15) is 17.3 Å². The first-order valence-electron chi connectivity index (χ1n) is 8.18. The van der Waals surface area contributed by atoms with Crippen LogP contribution in [0.15, 0.2) is 48.5 Å². The summed E-state index contributed by atoms with van der Waals surface area (Å²) in [7, 11) is 0. The number of phenolic OH excluding ortho intramolecular Hbond substituents is 2. The second-order valence-corrected chi connectivity index (χ2v) is 6.00. The summed E-state index contributed by atoms with van der Waals surface area (Å²) >= 11 is 0. The number of hydrogen-bond acceptors (Lipinski definition) is 5.